The molecule has 2 N–H and O–H groups in total. The zero-order chi connectivity index (χ0) is 23.6. The first-order chi connectivity index (χ1) is 15.8. The van der Waals surface area contributed by atoms with Gasteiger partial charge in [-0.3, -0.25) is 9.59 Å². The number of rotatable bonds is 6. The molecule has 2 aromatic rings. The van der Waals surface area contributed by atoms with E-state index in [0.29, 0.717) is 24.6 Å². The molecule has 0 bridgehead atoms. The van der Waals surface area contributed by atoms with E-state index in [9.17, 15) is 9.59 Å². The number of halogens is 1. The van der Waals surface area contributed by atoms with E-state index in [1.807, 2.05) is 53.4 Å². The van der Waals surface area contributed by atoms with Crippen molar-refractivity contribution in [2.24, 2.45) is 5.41 Å². The molecule has 2 aliphatic rings. The zero-order valence-electron chi connectivity index (χ0n) is 19.3. The first kappa shape index (κ1) is 23.3. The monoisotopic (exact) mass is 467 g/mol. The lowest BCUT2D eigenvalue weighted by atomic mass is 9.73. The lowest BCUT2D eigenvalue weighted by Gasteiger charge is -2.37. The molecule has 4 rings (SSSR count). The second-order valence-corrected chi connectivity index (χ2v) is 9.84. The highest BCUT2D eigenvalue weighted by Crippen LogP contribution is 2.48. The number of nitrogens with one attached hydrogen (secondary N) is 2. The van der Waals surface area contributed by atoms with E-state index in [2.05, 4.69) is 24.5 Å². The summed E-state index contributed by atoms with van der Waals surface area (Å²) in [6.07, 6.45) is 1.21. The van der Waals surface area contributed by atoms with Crippen molar-refractivity contribution in [1.82, 2.24) is 5.32 Å². The molecule has 33 heavy (non-hydrogen) atoms. The van der Waals surface area contributed by atoms with Gasteiger partial charge in [0.1, 0.15) is 0 Å². The Bertz CT molecular complexity index is 1080. The summed E-state index contributed by atoms with van der Waals surface area (Å²) in [5.41, 5.74) is 4.18. The minimum atomic E-state index is -0.412. The maximum Gasteiger partial charge on any atom is 0.239 e. The highest BCUT2D eigenvalue weighted by molar-refractivity contribution is 6.30. The van der Waals surface area contributed by atoms with E-state index in [1.54, 1.807) is 7.11 Å². The van der Waals surface area contributed by atoms with E-state index >= 15 is 0 Å². The molecule has 0 saturated heterocycles. The minimum absolute atomic E-state index is 0.100. The Labute approximate surface area is 199 Å². The summed E-state index contributed by atoms with van der Waals surface area (Å²) >= 11 is 6.18. The SMILES string of the molecule is COCCNC(=O)CN1c2ccccc2NC2=C(C(=O)CC(C)(C)C2)C1c1ccc(Cl)cc1. The fraction of sp³-hybridized carbons (Fsp3) is 0.385. The first-order valence-electron chi connectivity index (χ1n) is 11.2. The Morgan fingerprint density at radius 2 is 1.91 bits per heavy atom. The fourth-order valence-corrected chi connectivity index (χ4v) is 4.85. The van der Waals surface area contributed by atoms with Crippen LogP contribution in [0.2, 0.25) is 5.02 Å². The lowest BCUT2D eigenvalue weighted by Crippen LogP contribution is -2.42. The maximum atomic E-state index is 13.6. The van der Waals surface area contributed by atoms with Gasteiger partial charge < -0.3 is 20.3 Å². The van der Waals surface area contributed by atoms with Gasteiger partial charge in [-0.15, -0.1) is 0 Å². The van der Waals surface area contributed by atoms with Crippen LogP contribution in [0.3, 0.4) is 0 Å². The quantitative estimate of drug-likeness (QED) is 0.601. The number of carbonyl (C=O) groups excluding carboxylic acids is 2. The van der Waals surface area contributed by atoms with Crippen molar-refractivity contribution in [2.45, 2.75) is 32.7 Å². The molecule has 7 heteroatoms. The second-order valence-electron chi connectivity index (χ2n) is 9.40. The third-order valence-electron chi connectivity index (χ3n) is 6.13. The van der Waals surface area contributed by atoms with Crippen LogP contribution in [0.15, 0.2) is 59.8 Å². The molecule has 1 amide bonds. The average molecular weight is 468 g/mol. The van der Waals surface area contributed by atoms with Crippen LogP contribution in [0.1, 0.15) is 38.3 Å². The number of carbonyl (C=O) groups is 2. The lowest BCUT2D eigenvalue weighted by molar-refractivity contribution is -0.121. The van der Waals surface area contributed by atoms with Crippen molar-refractivity contribution in [3.05, 3.63) is 70.4 Å². The number of hydrogen-bond donors (Lipinski definition) is 2. The van der Waals surface area contributed by atoms with Crippen molar-refractivity contribution in [3.8, 4) is 0 Å². The number of Topliss-reactive ketones (excluding diaryl/α,β-unsaturated/α-hetero) is 1. The normalized spacial score (nSPS) is 19.3. The molecule has 2 aromatic carbocycles. The van der Waals surface area contributed by atoms with Crippen LogP contribution in [0.25, 0.3) is 0 Å². The number of fused-ring (bicyclic) bond motifs is 1. The molecule has 0 radical (unpaired) electrons. The number of allylic oxidation sites excluding steroid dienone is 1. The molecule has 1 aliphatic heterocycles. The van der Waals surface area contributed by atoms with Crippen molar-refractivity contribution < 1.29 is 14.3 Å². The molecule has 0 saturated carbocycles. The van der Waals surface area contributed by atoms with Crippen molar-refractivity contribution in [2.75, 3.05) is 37.0 Å². The van der Waals surface area contributed by atoms with Crippen LogP contribution in [0.5, 0.6) is 0 Å². The number of amides is 1. The minimum Gasteiger partial charge on any atom is -0.383 e. The van der Waals surface area contributed by atoms with Gasteiger partial charge in [0, 0.05) is 36.4 Å². The van der Waals surface area contributed by atoms with Gasteiger partial charge in [0.15, 0.2) is 5.78 Å². The number of ketones is 1. The summed E-state index contributed by atoms with van der Waals surface area (Å²) in [6, 6.07) is 15.0. The second kappa shape index (κ2) is 9.57. The molecular formula is C26H30ClN3O3. The molecule has 0 spiro atoms. The van der Waals surface area contributed by atoms with Gasteiger partial charge in [-0.25, -0.2) is 0 Å². The van der Waals surface area contributed by atoms with Gasteiger partial charge in [0.05, 0.1) is 30.6 Å². The number of anilines is 2. The van der Waals surface area contributed by atoms with Crippen LogP contribution in [-0.2, 0) is 14.3 Å². The molecule has 174 valence electrons. The number of ether oxygens (including phenoxy) is 1. The van der Waals surface area contributed by atoms with Crippen molar-refractivity contribution in [1.29, 1.82) is 0 Å². The number of nitrogens with zero attached hydrogens (tertiary/aromatic N) is 1. The molecule has 6 nitrogen and oxygen atoms in total. The van der Waals surface area contributed by atoms with Crippen LogP contribution < -0.4 is 15.5 Å². The Morgan fingerprint density at radius 1 is 1.18 bits per heavy atom. The van der Waals surface area contributed by atoms with Gasteiger partial charge in [-0.1, -0.05) is 49.7 Å². The third-order valence-corrected chi connectivity index (χ3v) is 6.38. The van der Waals surface area contributed by atoms with Gasteiger partial charge >= 0.3 is 0 Å². The smallest absolute Gasteiger partial charge is 0.239 e. The Balaban J connectivity index is 1.85. The van der Waals surface area contributed by atoms with Gasteiger partial charge in [-0.05, 0) is 41.7 Å². The average Bonchev–Trinajstić information content (AvgIpc) is 2.88. The number of hydrogen-bond acceptors (Lipinski definition) is 5. The number of benzene rings is 2. The van der Waals surface area contributed by atoms with Gasteiger partial charge in [0.25, 0.3) is 0 Å². The van der Waals surface area contributed by atoms with E-state index < -0.39 is 6.04 Å². The van der Waals surface area contributed by atoms with Crippen molar-refractivity contribution in [3.63, 3.8) is 0 Å². The summed E-state index contributed by atoms with van der Waals surface area (Å²) < 4.78 is 5.06. The summed E-state index contributed by atoms with van der Waals surface area (Å²) in [7, 11) is 1.60. The summed E-state index contributed by atoms with van der Waals surface area (Å²) in [5.74, 6) is -0.0280. The Kier molecular flexibility index (Phi) is 6.77. The predicted octanol–water partition coefficient (Wildman–Crippen LogP) is 4.72. The third kappa shape index (κ3) is 5.07. The van der Waals surface area contributed by atoms with E-state index in [4.69, 9.17) is 16.3 Å². The Morgan fingerprint density at radius 3 is 2.64 bits per heavy atom. The molecule has 0 fully saturated rings. The molecule has 1 atom stereocenters. The van der Waals surface area contributed by atoms with Gasteiger partial charge in [-0.2, -0.15) is 0 Å². The van der Waals surface area contributed by atoms with E-state index in [-0.39, 0.29) is 23.7 Å². The first-order valence-corrected chi connectivity index (χ1v) is 11.6. The van der Waals surface area contributed by atoms with Crippen LogP contribution in [0, 0.1) is 5.41 Å². The fourth-order valence-electron chi connectivity index (χ4n) is 4.72. The largest absolute Gasteiger partial charge is 0.383 e. The molecular weight excluding hydrogens is 438 g/mol. The highest BCUT2D eigenvalue weighted by Gasteiger charge is 2.41. The summed E-state index contributed by atoms with van der Waals surface area (Å²) in [4.78, 5) is 28.5. The maximum absolute atomic E-state index is 13.6. The molecule has 1 aliphatic carbocycles. The van der Waals surface area contributed by atoms with Gasteiger partial charge in [0.2, 0.25) is 5.91 Å². The molecule has 1 heterocycles. The topological polar surface area (TPSA) is 70.7 Å². The predicted molar refractivity (Wildman–Crippen MR) is 132 cm³/mol. The molecule has 1 unspecified atom stereocenters. The summed E-state index contributed by atoms with van der Waals surface area (Å²) in [5, 5.41) is 7.09. The van der Waals surface area contributed by atoms with Crippen molar-refractivity contribution >= 4 is 34.7 Å². The van der Waals surface area contributed by atoms with Crippen LogP contribution in [-0.4, -0.2) is 38.5 Å². The highest BCUT2D eigenvalue weighted by atomic mass is 35.5. The number of methoxy groups -OCH3 is 1. The zero-order valence-corrected chi connectivity index (χ0v) is 20.0. The molecule has 0 aromatic heterocycles. The summed E-state index contributed by atoms with van der Waals surface area (Å²) in [6.45, 7) is 5.20. The van der Waals surface area contributed by atoms with E-state index in [1.165, 1.54) is 0 Å². The van der Waals surface area contributed by atoms with E-state index in [0.717, 1.165) is 34.6 Å². The van der Waals surface area contributed by atoms with Crippen LogP contribution in [0.4, 0.5) is 11.4 Å². The van der Waals surface area contributed by atoms with Crippen LogP contribution >= 0.6 is 11.6 Å². The standard InChI is InChI=1S/C26H30ClN3O3/c1-26(2)14-20-24(22(31)15-26)25(17-8-10-18(27)11-9-17)30(16-23(32)28-12-13-33-3)21-7-5-4-6-19(21)29-20/h4-11,25,29H,12-16H2,1-3H3,(H,28,32). The number of para-hydroxylation sites is 2. The Hall–Kier alpha value is -2.83.